The molecule has 0 bridgehead atoms. The maximum absolute atomic E-state index is 6.16. The van der Waals surface area contributed by atoms with Crippen LogP contribution in [0.5, 0.6) is 5.75 Å². The predicted octanol–water partition coefficient (Wildman–Crippen LogP) is 3.99. The van der Waals surface area contributed by atoms with E-state index in [1.165, 1.54) is 32.1 Å². The van der Waals surface area contributed by atoms with E-state index < -0.39 is 0 Å². The third kappa shape index (κ3) is 2.93. The van der Waals surface area contributed by atoms with Gasteiger partial charge in [-0.1, -0.05) is 31.4 Å². The Morgan fingerprint density at radius 2 is 2.00 bits per heavy atom. The Balaban J connectivity index is 1.68. The summed E-state index contributed by atoms with van der Waals surface area (Å²) in [5.74, 6) is 0.927. The lowest BCUT2D eigenvalue weighted by atomic mass is 9.78. The van der Waals surface area contributed by atoms with E-state index in [1.54, 1.807) is 7.11 Å². The minimum Gasteiger partial charge on any atom is -0.495 e. The highest BCUT2D eigenvalue weighted by molar-refractivity contribution is 5.56. The van der Waals surface area contributed by atoms with Crippen LogP contribution in [0.1, 0.15) is 44.9 Å². The molecular formula is C17H25NO2. The summed E-state index contributed by atoms with van der Waals surface area (Å²) in [6.07, 6.45) is 8.69. The third-order valence-corrected chi connectivity index (χ3v) is 4.72. The Labute approximate surface area is 121 Å². The van der Waals surface area contributed by atoms with Crippen molar-refractivity contribution in [2.75, 3.05) is 19.0 Å². The Morgan fingerprint density at radius 1 is 1.20 bits per heavy atom. The highest BCUT2D eigenvalue weighted by atomic mass is 16.5. The summed E-state index contributed by atoms with van der Waals surface area (Å²) in [7, 11) is 1.73. The Bertz CT molecular complexity index is 435. The first-order valence-corrected chi connectivity index (χ1v) is 7.85. The third-order valence-electron chi connectivity index (χ3n) is 4.72. The Kier molecular flexibility index (Phi) is 4.16. The molecule has 1 aromatic rings. The second-order valence-corrected chi connectivity index (χ2v) is 6.13. The second kappa shape index (κ2) is 6.04. The minimum absolute atomic E-state index is 0.149. The van der Waals surface area contributed by atoms with Crippen LogP contribution in [0.2, 0.25) is 0 Å². The van der Waals surface area contributed by atoms with Crippen molar-refractivity contribution in [1.82, 2.24) is 0 Å². The van der Waals surface area contributed by atoms with Crippen molar-refractivity contribution in [1.29, 1.82) is 0 Å². The van der Waals surface area contributed by atoms with E-state index in [4.69, 9.17) is 9.47 Å². The van der Waals surface area contributed by atoms with E-state index in [0.717, 1.165) is 30.9 Å². The van der Waals surface area contributed by atoms with E-state index in [9.17, 15) is 0 Å². The SMILES string of the molecule is COc1ccccc1NC1CCOC2(CCCCC2)C1. The molecule has 1 aliphatic carbocycles. The van der Waals surface area contributed by atoms with Crippen molar-refractivity contribution < 1.29 is 9.47 Å². The number of hydrogen-bond acceptors (Lipinski definition) is 3. The zero-order valence-corrected chi connectivity index (χ0v) is 12.4. The topological polar surface area (TPSA) is 30.5 Å². The fraction of sp³-hybridized carbons (Fsp3) is 0.647. The molecule has 110 valence electrons. The van der Waals surface area contributed by atoms with Crippen molar-refractivity contribution in [2.45, 2.75) is 56.6 Å². The van der Waals surface area contributed by atoms with Gasteiger partial charge in [0.25, 0.3) is 0 Å². The molecule has 1 spiro atoms. The van der Waals surface area contributed by atoms with Crippen LogP contribution in [0, 0.1) is 0 Å². The average Bonchev–Trinajstić information content (AvgIpc) is 2.49. The average molecular weight is 275 g/mol. The van der Waals surface area contributed by atoms with Gasteiger partial charge in [-0.25, -0.2) is 0 Å². The lowest BCUT2D eigenvalue weighted by Crippen LogP contribution is -2.45. The highest BCUT2D eigenvalue weighted by Crippen LogP contribution is 2.39. The van der Waals surface area contributed by atoms with Gasteiger partial charge < -0.3 is 14.8 Å². The van der Waals surface area contributed by atoms with Crippen LogP contribution in [-0.4, -0.2) is 25.4 Å². The number of ether oxygens (including phenoxy) is 2. The molecule has 1 saturated carbocycles. The molecule has 0 aromatic heterocycles. The van der Waals surface area contributed by atoms with E-state index in [0.29, 0.717) is 6.04 Å². The van der Waals surface area contributed by atoms with E-state index >= 15 is 0 Å². The highest BCUT2D eigenvalue weighted by Gasteiger charge is 2.38. The van der Waals surface area contributed by atoms with Gasteiger partial charge in [-0.05, 0) is 37.8 Å². The number of nitrogens with one attached hydrogen (secondary N) is 1. The van der Waals surface area contributed by atoms with Gasteiger partial charge >= 0.3 is 0 Å². The number of rotatable bonds is 3. The van der Waals surface area contributed by atoms with E-state index in [-0.39, 0.29) is 5.60 Å². The number of benzene rings is 1. The van der Waals surface area contributed by atoms with Crippen molar-refractivity contribution in [3.63, 3.8) is 0 Å². The zero-order valence-electron chi connectivity index (χ0n) is 12.4. The number of para-hydroxylation sites is 2. The van der Waals surface area contributed by atoms with Crippen molar-refractivity contribution in [3.8, 4) is 5.75 Å². The summed E-state index contributed by atoms with van der Waals surface area (Å²) in [5.41, 5.74) is 1.25. The lowest BCUT2D eigenvalue weighted by molar-refractivity contribution is -0.103. The van der Waals surface area contributed by atoms with Crippen LogP contribution in [0.4, 0.5) is 5.69 Å². The van der Waals surface area contributed by atoms with E-state index in [2.05, 4.69) is 17.4 Å². The molecule has 2 aliphatic rings. The monoisotopic (exact) mass is 275 g/mol. The van der Waals surface area contributed by atoms with Gasteiger partial charge in [0.1, 0.15) is 5.75 Å². The summed E-state index contributed by atoms with van der Waals surface area (Å²) in [5, 5.41) is 3.67. The fourth-order valence-electron chi connectivity index (χ4n) is 3.68. The van der Waals surface area contributed by atoms with Gasteiger partial charge in [0, 0.05) is 12.6 Å². The molecule has 1 unspecified atom stereocenters. The molecule has 0 amide bonds. The summed E-state index contributed by atoms with van der Waals surface area (Å²) in [4.78, 5) is 0. The van der Waals surface area contributed by atoms with Crippen LogP contribution in [0.3, 0.4) is 0 Å². The Hall–Kier alpha value is -1.22. The largest absolute Gasteiger partial charge is 0.495 e. The predicted molar refractivity (Wildman–Crippen MR) is 81.4 cm³/mol. The van der Waals surface area contributed by atoms with E-state index in [1.807, 2.05) is 12.1 Å². The van der Waals surface area contributed by atoms with Gasteiger partial charge in [0.05, 0.1) is 18.4 Å². The molecule has 1 atom stereocenters. The fourth-order valence-corrected chi connectivity index (χ4v) is 3.68. The standard InChI is InChI=1S/C17H25NO2/c1-19-16-8-4-3-7-15(16)18-14-9-12-20-17(13-14)10-5-2-6-11-17/h3-4,7-8,14,18H,2,5-6,9-13H2,1H3. The molecule has 2 fully saturated rings. The van der Waals surface area contributed by atoms with Crippen molar-refractivity contribution in [3.05, 3.63) is 24.3 Å². The van der Waals surface area contributed by atoms with Gasteiger partial charge in [-0.2, -0.15) is 0 Å². The lowest BCUT2D eigenvalue weighted by Gasteiger charge is -2.44. The molecule has 1 aliphatic heterocycles. The van der Waals surface area contributed by atoms with Crippen LogP contribution >= 0.6 is 0 Å². The summed E-state index contributed by atoms with van der Waals surface area (Å²) >= 11 is 0. The maximum Gasteiger partial charge on any atom is 0.141 e. The van der Waals surface area contributed by atoms with Gasteiger partial charge in [0.15, 0.2) is 0 Å². The molecule has 1 saturated heterocycles. The minimum atomic E-state index is 0.149. The first-order valence-electron chi connectivity index (χ1n) is 7.85. The molecule has 3 nitrogen and oxygen atoms in total. The molecule has 1 N–H and O–H groups in total. The molecule has 3 rings (SSSR count). The van der Waals surface area contributed by atoms with Crippen molar-refractivity contribution >= 4 is 5.69 Å². The number of methoxy groups -OCH3 is 1. The normalized spacial score (nSPS) is 25.4. The zero-order chi connectivity index (χ0) is 13.8. The first-order chi connectivity index (χ1) is 9.81. The molecule has 3 heteroatoms. The summed E-state index contributed by atoms with van der Waals surface area (Å²) in [6.45, 7) is 0.882. The molecule has 1 aromatic carbocycles. The Morgan fingerprint density at radius 3 is 2.80 bits per heavy atom. The van der Waals surface area contributed by atoms with Crippen molar-refractivity contribution in [2.24, 2.45) is 0 Å². The quantitative estimate of drug-likeness (QED) is 0.904. The maximum atomic E-state index is 6.16. The van der Waals surface area contributed by atoms with Gasteiger partial charge in [-0.3, -0.25) is 0 Å². The molecule has 20 heavy (non-hydrogen) atoms. The molecule has 1 heterocycles. The van der Waals surface area contributed by atoms with Gasteiger partial charge in [0.2, 0.25) is 0 Å². The second-order valence-electron chi connectivity index (χ2n) is 6.13. The van der Waals surface area contributed by atoms with Crippen LogP contribution in [-0.2, 0) is 4.74 Å². The van der Waals surface area contributed by atoms with Crippen LogP contribution in [0.15, 0.2) is 24.3 Å². The molecular weight excluding hydrogens is 250 g/mol. The molecule has 0 radical (unpaired) electrons. The van der Waals surface area contributed by atoms with Crippen LogP contribution < -0.4 is 10.1 Å². The van der Waals surface area contributed by atoms with Crippen LogP contribution in [0.25, 0.3) is 0 Å². The smallest absolute Gasteiger partial charge is 0.141 e. The summed E-state index contributed by atoms with van der Waals surface area (Å²) < 4.78 is 11.6. The first kappa shape index (κ1) is 13.7. The summed E-state index contributed by atoms with van der Waals surface area (Å²) in [6, 6.07) is 8.68. The van der Waals surface area contributed by atoms with Gasteiger partial charge in [-0.15, -0.1) is 0 Å². The number of anilines is 1. The number of hydrogen-bond donors (Lipinski definition) is 1.